The summed E-state index contributed by atoms with van der Waals surface area (Å²) in [5.74, 6) is -1.88. The number of carbonyl (C=O) groups is 1. The van der Waals surface area contributed by atoms with Crippen molar-refractivity contribution in [2.24, 2.45) is 28.7 Å². The Balaban J connectivity index is 1.22. The maximum absolute atomic E-state index is 14.8. The van der Waals surface area contributed by atoms with Gasteiger partial charge in [0.2, 0.25) is 5.91 Å². The van der Waals surface area contributed by atoms with Gasteiger partial charge in [-0.25, -0.2) is 8.78 Å². The van der Waals surface area contributed by atoms with Crippen molar-refractivity contribution in [1.29, 1.82) is 0 Å². The smallest absolute Gasteiger partial charge is 0.390 e. The molecule has 5 unspecified atom stereocenters. The average molecular weight is 1300 g/mol. The minimum absolute atomic E-state index is 0.0145. The van der Waals surface area contributed by atoms with Crippen molar-refractivity contribution in [3.63, 3.8) is 0 Å². The number of morpholine rings is 1. The van der Waals surface area contributed by atoms with E-state index in [9.17, 15) is 26.7 Å². The third-order valence-corrected chi connectivity index (χ3v) is 21.1. The molecule has 1 amide bonds. The number of allylic oxidation sites excluding steroid dienone is 3. The maximum Gasteiger partial charge on any atom is 0.422 e. The van der Waals surface area contributed by atoms with Gasteiger partial charge in [0.05, 0.1) is 19.1 Å². The van der Waals surface area contributed by atoms with Gasteiger partial charge < -0.3 is 56.2 Å². The van der Waals surface area contributed by atoms with Crippen molar-refractivity contribution >= 4 is 11.6 Å². The normalized spacial score (nSPS) is 28.4. The first-order valence-corrected chi connectivity index (χ1v) is 35.6. The standard InChI is InChI=1S/C74H119F5N12O2/c1-15-52(7)67-45-84-66(41-50(4)5)55(10)83-46-68-69(72(92)89-37-39-93-40-38-89)58(13)91(68)71(53(8)16-2)56(11)86-73(29-18-19-30-73)49-81-33-32-80-31-28-61(27-26-60-43-64(75)70(65(76)44-60)74(77,78)79)82-34-36-87(14)47-63(42-59-24-22-51(6)23-25-59)88(17-3)48-62-21-20-35-90(62)57(12)54(9)85-67/h22-25,28,31,34,36,43-44,47-48,50,52-58,66-69,71,80-81,83-86H,15-21,26-27,29-30,32-33,35,37-42,45-46,49H2,1-14H3/t52-,53-,54?,55?,56?,57-,58?,66-,67+,68?,69-,71-/m0/s1. The van der Waals surface area contributed by atoms with Gasteiger partial charge in [-0.2, -0.15) is 13.2 Å². The molecule has 1 aliphatic carbocycles. The largest absolute Gasteiger partial charge is 0.422 e. The summed E-state index contributed by atoms with van der Waals surface area (Å²) in [6.45, 7) is 37.8. The van der Waals surface area contributed by atoms with Crippen LogP contribution in [0.5, 0.6) is 0 Å². The molecule has 0 bridgehead atoms. The highest BCUT2D eigenvalue weighted by molar-refractivity contribution is 5.95. The maximum atomic E-state index is 14.8. The molecule has 4 aliphatic heterocycles. The molecule has 2 aromatic carbocycles. The van der Waals surface area contributed by atoms with Crippen LogP contribution in [0.4, 0.5) is 22.0 Å². The van der Waals surface area contributed by atoms with E-state index in [0.717, 1.165) is 102 Å². The number of rotatable bonds is 13. The molecular weight excluding hydrogens is 1180 g/mol. The monoisotopic (exact) mass is 1300 g/mol. The molecule has 0 radical (unpaired) electrons. The molecule has 1 saturated carbocycles. The lowest BCUT2D eigenvalue weighted by molar-refractivity contribution is -0.165. The second-order valence-corrected chi connectivity index (χ2v) is 28.5. The number of likely N-dealkylation sites (N-methyl/N-ethyl adjacent to an activating group) is 1. The number of nitrogens with zero attached hydrogens (tertiary/aromatic N) is 6. The van der Waals surface area contributed by atoms with E-state index < -0.39 is 23.4 Å². The first-order chi connectivity index (χ1) is 44.4. The fourth-order valence-corrected chi connectivity index (χ4v) is 15.2. The number of halogens is 5. The second kappa shape index (κ2) is 35.9. The number of carbonyl (C=O) groups excluding carboxylic acids is 1. The molecular formula is C74H119F5N12O2. The van der Waals surface area contributed by atoms with Gasteiger partial charge in [-0.05, 0) is 147 Å². The second-order valence-electron chi connectivity index (χ2n) is 28.5. The summed E-state index contributed by atoms with van der Waals surface area (Å²) in [6, 6.07) is 11.6. The van der Waals surface area contributed by atoms with E-state index in [0.29, 0.717) is 75.8 Å². The molecule has 4 heterocycles. The number of aliphatic imine (C=N–C) groups is 1. The highest BCUT2D eigenvalue weighted by Crippen LogP contribution is 2.41. The quantitative estimate of drug-likeness (QED) is 0.107. The average Bonchev–Trinajstić information content (AvgIpc) is 0.818. The number of benzene rings is 2. The van der Waals surface area contributed by atoms with E-state index in [2.05, 4.69) is 178 Å². The van der Waals surface area contributed by atoms with E-state index in [1.165, 1.54) is 16.8 Å². The summed E-state index contributed by atoms with van der Waals surface area (Å²) < 4.78 is 76.2. The lowest BCUT2D eigenvalue weighted by Crippen LogP contribution is -2.76. The Bertz CT molecular complexity index is 2760. The predicted molar refractivity (Wildman–Crippen MR) is 370 cm³/mol. The molecule has 0 aromatic heterocycles. The Hall–Kier alpha value is -4.89. The van der Waals surface area contributed by atoms with Gasteiger partial charge >= 0.3 is 6.18 Å². The van der Waals surface area contributed by atoms with E-state index in [-0.39, 0.29) is 90.1 Å². The van der Waals surface area contributed by atoms with Crippen molar-refractivity contribution < 1.29 is 31.5 Å². The zero-order valence-electron chi connectivity index (χ0n) is 59.1. The van der Waals surface area contributed by atoms with Crippen molar-refractivity contribution in [3.8, 4) is 0 Å². The molecule has 14 nitrogen and oxygen atoms in total. The molecule has 522 valence electrons. The van der Waals surface area contributed by atoms with E-state index in [1.54, 1.807) is 6.20 Å². The van der Waals surface area contributed by atoms with Crippen molar-refractivity contribution in [1.82, 2.24) is 56.4 Å². The van der Waals surface area contributed by atoms with Gasteiger partial charge in [-0.3, -0.25) is 14.7 Å². The van der Waals surface area contributed by atoms with Gasteiger partial charge in [0.25, 0.3) is 0 Å². The number of nitrogens with one attached hydrogen (secondary N) is 6. The molecule has 7 rings (SSSR count). The highest BCUT2D eigenvalue weighted by Gasteiger charge is 2.55. The molecule has 1 spiro atoms. The van der Waals surface area contributed by atoms with E-state index in [1.807, 2.05) is 30.4 Å². The molecule has 2 aromatic rings. The first-order valence-electron chi connectivity index (χ1n) is 35.6. The summed E-state index contributed by atoms with van der Waals surface area (Å²) in [4.78, 5) is 31.4. The first kappa shape index (κ1) is 75.5. The fraction of sp³-hybridized carbons (Fsp3) is 0.703. The molecule has 6 N–H and O–H groups in total. The SMILES string of the molecule is CC[C@H](C)[C@H]1C(C)NC2(CCCC2)CNCCNC=CC(CCc2cc(F)c(C(F)(F)F)c(F)c2)=NC=CN(C)C=C(Cc2ccc(C)cc2)N(CC)C=C2CCCN2[C@@H](C)C(C)N[C@@H]([C@@H](C)CC)CN[C@@H](CC(C)C)C(C)NCC2[C@@H](C(=O)N3CCOCC3)C(C)N21. The number of alkyl halides is 3. The van der Waals surface area contributed by atoms with Gasteiger partial charge in [0.15, 0.2) is 0 Å². The van der Waals surface area contributed by atoms with Crippen molar-refractivity contribution in [3.05, 3.63) is 119 Å². The number of hydrogen-bond acceptors (Lipinski definition) is 13. The van der Waals surface area contributed by atoms with E-state index in [4.69, 9.17) is 9.73 Å². The van der Waals surface area contributed by atoms with Crippen molar-refractivity contribution in [2.75, 3.05) is 79.2 Å². The van der Waals surface area contributed by atoms with Crippen LogP contribution in [-0.2, 0) is 28.5 Å². The van der Waals surface area contributed by atoms with Gasteiger partial charge in [0.1, 0.15) is 17.2 Å². The van der Waals surface area contributed by atoms with Crippen LogP contribution in [0, 0.1) is 42.2 Å². The number of ether oxygens (including phenoxy) is 1. The molecule has 19 heteroatoms. The summed E-state index contributed by atoms with van der Waals surface area (Å²) in [6.07, 6.45) is 17.0. The summed E-state index contributed by atoms with van der Waals surface area (Å²) in [5.41, 5.74) is 3.46. The summed E-state index contributed by atoms with van der Waals surface area (Å²) in [7, 11) is 1.97. The zero-order valence-corrected chi connectivity index (χ0v) is 59.1. The van der Waals surface area contributed by atoms with Crippen LogP contribution in [0.15, 0.2) is 89.9 Å². The van der Waals surface area contributed by atoms with Crippen LogP contribution in [0.3, 0.4) is 0 Å². The lowest BCUT2D eigenvalue weighted by Gasteiger charge is -2.60. The minimum Gasteiger partial charge on any atom is -0.390 e. The van der Waals surface area contributed by atoms with Crippen LogP contribution in [0.1, 0.15) is 170 Å². The number of amides is 1. The van der Waals surface area contributed by atoms with Crippen LogP contribution in [0.2, 0.25) is 0 Å². The third kappa shape index (κ3) is 21.1. The van der Waals surface area contributed by atoms with Gasteiger partial charge in [-0.15, -0.1) is 0 Å². The molecule has 5 aliphatic rings. The summed E-state index contributed by atoms with van der Waals surface area (Å²) >= 11 is 0. The topological polar surface area (TPSA) is 127 Å². The van der Waals surface area contributed by atoms with Crippen LogP contribution in [-0.4, -0.2) is 175 Å². The number of aryl methyl sites for hydroxylation is 2. The van der Waals surface area contributed by atoms with Gasteiger partial charge in [0, 0.05) is 174 Å². The Morgan fingerprint density at radius 3 is 2.14 bits per heavy atom. The minimum atomic E-state index is -5.16. The molecule has 3 saturated heterocycles. The van der Waals surface area contributed by atoms with Crippen LogP contribution in [0.25, 0.3) is 0 Å². The molecule has 12 atom stereocenters. The lowest BCUT2D eigenvalue weighted by atomic mass is 9.74. The van der Waals surface area contributed by atoms with Crippen LogP contribution >= 0.6 is 0 Å². The number of fused-ring (bicyclic) bond motifs is 2. The molecule has 93 heavy (non-hydrogen) atoms. The van der Waals surface area contributed by atoms with Crippen molar-refractivity contribution in [2.45, 2.75) is 233 Å². The third-order valence-electron chi connectivity index (χ3n) is 21.1. The zero-order chi connectivity index (χ0) is 67.6. The molecule has 4 fully saturated rings. The van der Waals surface area contributed by atoms with Crippen LogP contribution < -0.4 is 31.9 Å². The number of hydrogen-bond donors (Lipinski definition) is 6. The Morgan fingerprint density at radius 2 is 1.49 bits per heavy atom. The fourth-order valence-electron chi connectivity index (χ4n) is 15.2. The van der Waals surface area contributed by atoms with Gasteiger partial charge in [-0.1, -0.05) is 97.1 Å². The Kier molecular flexibility index (Phi) is 29.2. The summed E-state index contributed by atoms with van der Waals surface area (Å²) in [5, 5.41) is 24.0. The van der Waals surface area contributed by atoms with E-state index >= 15 is 0 Å². The predicted octanol–water partition coefficient (Wildman–Crippen LogP) is 12.1. The Morgan fingerprint density at radius 1 is 0.806 bits per heavy atom. The Labute approximate surface area is 556 Å². The highest BCUT2D eigenvalue weighted by atomic mass is 19.4.